The van der Waals surface area contributed by atoms with Crippen molar-refractivity contribution in [2.24, 2.45) is 0 Å². The van der Waals surface area contributed by atoms with Crippen LogP contribution in [-0.4, -0.2) is 193 Å². The first-order valence-electron chi connectivity index (χ1n) is 31.5. The molecule has 0 radical (unpaired) electrons. The Labute approximate surface area is 501 Å². The highest BCUT2D eigenvalue weighted by atomic mass is 16.8. The van der Waals surface area contributed by atoms with Gasteiger partial charge < -0.3 is 89.9 Å². The average Bonchev–Trinajstić information content (AvgIpc) is 2.91. The molecule has 0 saturated carbocycles. The Morgan fingerprint density at radius 2 is 0.821 bits per heavy atom. The number of allylic oxidation sites excluding steroid dienone is 15. The maximum Gasteiger partial charge on any atom is 0.220 e. The van der Waals surface area contributed by atoms with Crippen LogP contribution < -0.4 is 5.32 Å². The number of carbonyl (C=O) groups excluding carboxylic acids is 1. The third-order valence-corrected chi connectivity index (χ3v) is 15.1. The lowest BCUT2D eigenvalue weighted by atomic mass is 9.96. The van der Waals surface area contributed by atoms with Gasteiger partial charge in [0, 0.05) is 6.42 Å². The van der Waals surface area contributed by atoms with Gasteiger partial charge in [-0.25, -0.2) is 0 Å². The van der Waals surface area contributed by atoms with E-state index in [0.717, 1.165) is 109 Å². The number of hydrogen-bond acceptors (Lipinski definition) is 18. The minimum atomic E-state index is -1.98. The summed E-state index contributed by atoms with van der Waals surface area (Å²) in [5.41, 5.74) is 0. The molecule has 3 rings (SSSR count). The molecular formula is C65H109NO18. The van der Waals surface area contributed by atoms with Gasteiger partial charge >= 0.3 is 0 Å². The number of unbranched alkanes of at least 4 members (excludes halogenated alkanes) is 15. The molecule has 3 heterocycles. The molecular weight excluding hydrogens is 1080 g/mol. The lowest BCUT2D eigenvalue weighted by Crippen LogP contribution is -2.66. The molecule has 84 heavy (non-hydrogen) atoms. The molecule has 17 unspecified atom stereocenters. The number of rotatable bonds is 45. The van der Waals surface area contributed by atoms with Crippen molar-refractivity contribution in [2.75, 3.05) is 26.4 Å². The molecule has 12 N–H and O–H groups in total. The van der Waals surface area contributed by atoms with Gasteiger partial charge in [-0.15, -0.1) is 0 Å². The van der Waals surface area contributed by atoms with Crippen molar-refractivity contribution in [2.45, 2.75) is 279 Å². The Bertz CT molecular complexity index is 1910. The number of amides is 1. The van der Waals surface area contributed by atoms with Crippen molar-refractivity contribution >= 4 is 5.91 Å². The summed E-state index contributed by atoms with van der Waals surface area (Å²) in [6, 6.07) is -0.980. The molecule has 19 heteroatoms. The van der Waals surface area contributed by atoms with Crippen molar-refractivity contribution in [1.29, 1.82) is 0 Å². The van der Waals surface area contributed by atoms with Crippen LogP contribution in [0.2, 0.25) is 0 Å². The molecule has 3 saturated heterocycles. The maximum atomic E-state index is 13.3. The lowest BCUT2D eigenvalue weighted by Gasteiger charge is -2.48. The van der Waals surface area contributed by atoms with Crippen molar-refractivity contribution < 1.29 is 89.4 Å². The molecule has 3 aliphatic rings. The molecule has 0 aromatic rings. The van der Waals surface area contributed by atoms with E-state index in [0.29, 0.717) is 6.42 Å². The number of ether oxygens (including phenoxy) is 6. The molecule has 0 spiro atoms. The van der Waals surface area contributed by atoms with Gasteiger partial charge in [0.25, 0.3) is 0 Å². The fraction of sp³-hybridized carbons (Fsp3) is 0.738. The first-order valence-corrected chi connectivity index (χ1v) is 31.5. The Hall–Kier alpha value is -3.29. The van der Waals surface area contributed by atoms with Crippen LogP contribution in [0, 0.1) is 0 Å². The second-order valence-corrected chi connectivity index (χ2v) is 22.1. The van der Waals surface area contributed by atoms with Crippen LogP contribution in [0.5, 0.6) is 0 Å². The first kappa shape index (κ1) is 75.0. The molecule has 0 aromatic carbocycles. The topological polar surface area (TPSA) is 307 Å². The van der Waals surface area contributed by atoms with Gasteiger partial charge in [0.1, 0.15) is 73.2 Å². The molecule has 0 bridgehead atoms. The second-order valence-electron chi connectivity index (χ2n) is 22.1. The molecule has 19 nitrogen and oxygen atoms in total. The first-order chi connectivity index (χ1) is 40.8. The van der Waals surface area contributed by atoms with E-state index >= 15 is 0 Å². The molecule has 482 valence electrons. The number of aliphatic hydroxyl groups excluding tert-OH is 11. The Morgan fingerprint density at radius 3 is 1.29 bits per heavy atom. The number of aliphatic hydroxyl groups is 11. The van der Waals surface area contributed by atoms with Crippen LogP contribution in [0.4, 0.5) is 0 Å². The summed E-state index contributed by atoms with van der Waals surface area (Å²) in [5.74, 6) is -0.291. The third kappa shape index (κ3) is 29.6. The summed E-state index contributed by atoms with van der Waals surface area (Å²) >= 11 is 0. The van der Waals surface area contributed by atoms with Crippen molar-refractivity contribution in [1.82, 2.24) is 5.32 Å². The smallest absolute Gasteiger partial charge is 0.220 e. The molecule has 0 aliphatic carbocycles. The van der Waals surface area contributed by atoms with Crippen LogP contribution in [0.25, 0.3) is 0 Å². The molecule has 3 aliphatic heterocycles. The summed E-state index contributed by atoms with van der Waals surface area (Å²) in [6.45, 7) is 1.52. The SMILES string of the molecule is CC/C=C\C/C=C\C/C=C\C/C=C\C/C=C\C/C=C\C/C=C\CCCCCCCCCCCC(=O)NC(COC1OC(CO)C(OC2OC(CO)C(OC3OC(CO)C(O)C(O)C3O)C(O)C2O)C(O)C1O)C(O)/C=C/CCCCCCCC. The van der Waals surface area contributed by atoms with Gasteiger partial charge in [0.05, 0.1) is 38.6 Å². The Morgan fingerprint density at radius 1 is 0.440 bits per heavy atom. The maximum absolute atomic E-state index is 13.3. The van der Waals surface area contributed by atoms with E-state index < -0.39 is 124 Å². The van der Waals surface area contributed by atoms with Crippen LogP contribution in [0.3, 0.4) is 0 Å². The van der Waals surface area contributed by atoms with Gasteiger partial charge in [0.2, 0.25) is 5.91 Å². The van der Waals surface area contributed by atoms with E-state index in [9.17, 15) is 61.0 Å². The zero-order valence-corrected chi connectivity index (χ0v) is 50.3. The minimum absolute atomic E-state index is 0.229. The molecule has 0 aromatic heterocycles. The second kappa shape index (κ2) is 46.8. The monoisotopic (exact) mass is 1190 g/mol. The van der Waals surface area contributed by atoms with Gasteiger partial charge in [-0.3, -0.25) is 4.79 Å². The summed E-state index contributed by atoms with van der Waals surface area (Å²) in [7, 11) is 0. The highest BCUT2D eigenvalue weighted by Crippen LogP contribution is 2.33. The fourth-order valence-electron chi connectivity index (χ4n) is 9.99. The third-order valence-electron chi connectivity index (χ3n) is 15.1. The summed E-state index contributed by atoms with van der Waals surface area (Å²) in [5, 5.41) is 120. The summed E-state index contributed by atoms with van der Waals surface area (Å²) < 4.78 is 34.2. The number of carbonyl (C=O) groups is 1. The molecule has 1 amide bonds. The highest BCUT2D eigenvalue weighted by molar-refractivity contribution is 5.76. The van der Waals surface area contributed by atoms with E-state index in [4.69, 9.17) is 28.4 Å². The van der Waals surface area contributed by atoms with E-state index in [1.807, 2.05) is 6.08 Å². The van der Waals surface area contributed by atoms with E-state index in [1.54, 1.807) is 6.08 Å². The van der Waals surface area contributed by atoms with Gasteiger partial charge in [-0.05, 0) is 77.0 Å². The normalized spacial score (nSPS) is 29.8. The zero-order chi connectivity index (χ0) is 61.2. The van der Waals surface area contributed by atoms with Crippen LogP contribution in [-0.2, 0) is 33.2 Å². The van der Waals surface area contributed by atoms with E-state index in [1.165, 1.54) is 38.5 Å². The minimum Gasteiger partial charge on any atom is -0.394 e. The Kier molecular flexibility index (Phi) is 41.8. The fourth-order valence-corrected chi connectivity index (χ4v) is 9.99. The predicted molar refractivity (Wildman–Crippen MR) is 323 cm³/mol. The standard InChI is InChI=1S/C65H109NO18/c1-3-5-7-9-11-13-14-15-16-17-18-19-20-21-22-23-24-25-26-27-28-29-30-31-32-33-34-35-37-39-41-43-53(71)66-48(49(70)42-40-38-36-12-10-8-6-4-2)47-79-63-59(77)56(74)61(51(45-68)81-63)84-65-60(78)57(75)62(52(46-69)82-65)83-64-58(76)55(73)54(72)50(44-67)80-64/h5,7,11,13,15-16,18-19,21-22,24-25,27-28,40,42,48-52,54-65,67-70,72-78H,3-4,6,8-10,12,14,17,20,23,26,29-39,41,43-47H2,1-2H3,(H,66,71)/b7-5-,13-11-,16-15-,19-18-,22-21-,25-24-,28-27-,42-40+. The van der Waals surface area contributed by atoms with Crippen molar-refractivity contribution in [3.05, 3.63) is 97.2 Å². The van der Waals surface area contributed by atoms with Crippen LogP contribution in [0.1, 0.15) is 174 Å². The zero-order valence-electron chi connectivity index (χ0n) is 50.3. The number of hydrogen-bond donors (Lipinski definition) is 12. The van der Waals surface area contributed by atoms with E-state index in [2.05, 4.69) is 104 Å². The van der Waals surface area contributed by atoms with E-state index in [-0.39, 0.29) is 18.9 Å². The van der Waals surface area contributed by atoms with Crippen LogP contribution >= 0.6 is 0 Å². The van der Waals surface area contributed by atoms with Gasteiger partial charge in [-0.1, -0.05) is 188 Å². The van der Waals surface area contributed by atoms with Gasteiger partial charge in [-0.2, -0.15) is 0 Å². The Balaban J connectivity index is 1.37. The quantitative estimate of drug-likeness (QED) is 0.0228. The summed E-state index contributed by atoms with van der Waals surface area (Å²) in [4.78, 5) is 13.3. The highest BCUT2D eigenvalue weighted by Gasteiger charge is 2.53. The lowest BCUT2D eigenvalue weighted by molar-refractivity contribution is -0.379. The number of nitrogens with one attached hydrogen (secondary N) is 1. The average molecular weight is 1190 g/mol. The molecule has 3 fully saturated rings. The van der Waals surface area contributed by atoms with Crippen molar-refractivity contribution in [3.63, 3.8) is 0 Å². The predicted octanol–water partition coefficient (Wildman–Crippen LogP) is 6.54. The largest absolute Gasteiger partial charge is 0.394 e. The van der Waals surface area contributed by atoms with Gasteiger partial charge in [0.15, 0.2) is 18.9 Å². The molecule has 17 atom stereocenters. The van der Waals surface area contributed by atoms with Crippen LogP contribution in [0.15, 0.2) is 97.2 Å². The van der Waals surface area contributed by atoms with Crippen molar-refractivity contribution in [3.8, 4) is 0 Å². The summed E-state index contributed by atoms with van der Waals surface area (Å²) in [6.07, 6.45) is 32.8.